The van der Waals surface area contributed by atoms with E-state index in [1.165, 1.54) is 10.4 Å². The molecule has 0 bridgehead atoms. The van der Waals surface area contributed by atoms with Crippen LogP contribution in [0, 0.1) is 13.8 Å². The molecule has 4 heteroatoms. The Bertz CT molecular complexity index is 366. The van der Waals surface area contributed by atoms with Crippen molar-refractivity contribution in [2.45, 2.75) is 26.3 Å². The molecule has 0 unspecified atom stereocenters. The van der Waals surface area contributed by atoms with Crippen LogP contribution in [0.4, 0.5) is 0 Å². The van der Waals surface area contributed by atoms with Gasteiger partial charge in [-0.1, -0.05) is 0 Å². The lowest BCUT2D eigenvalue weighted by Crippen LogP contribution is -2.31. The van der Waals surface area contributed by atoms with Crippen LogP contribution in [0.15, 0.2) is 6.07 Å². The van der Waals surface area contributed by atoms with Crippen molar-refractivity contribution in [3.8, 4) is 0 Å². The fourth-order valence-electron chi connectivity index (χ4n) is 1.81. The Morgan fingerprint density at radius 1 is 1.60 bits per heavy atom. The summed E-state index contributed by atoms with van der Waals surface area (Å²) in [5.74, 6) is 0.143. The molecular formula is C11H16N2OS. The van der Waals surface area contributed by atoms with Crippen molar-refractivity contribution in [3.63, 3.8) is 0 Å². The molecule has 0 spiro atoms. The number of aryl methyl sites for hydroxylation is 2. The van der Waals surface area contributed by atoms with E-state index in [1.807, 2.05) is 24.8 Å². The van der Waals surface area contributed by atoms with Crippen LogP contribution in [0.1, 0.15) is 26.5 Å². The molecule has 3 nitrogen and oxygen atoms in total. The number of hydrogen-bond acceptors (Lipinski definition) is 3. The summed E-state index contributed by atoms with van der Waals surface area (Å²) in [5, 5.41) is 0. The van der Waals surface area contributed by atoms with Gasteiger partial charge in [0.25, 0.3) is 5.91 Å². The first kappa shape index (κ1) is 10.6. The van der Waals surface area contributed by atoms with E-state index in [4.69, 9.17) is 5.73 Å². The average molecular weight is 224 g/mol. The highest BCUT2D eigenvalue weighted by atomic mass is 32.1. The van der Waals surface area contributed by atoms with Crippen LogP contribution in [0.3, 0.4) is 0 Å². The summed E-state index contributed by atoms with van der Waals surface area (Å²) < 4.78 is 0. The maximum atomic E-state index is 12.0. The van der Waals surface area contributed by atoms with Crippen molar-refractivity contribution in [3.05, 3.63) is 21.4 Å². The third kappa shape index (κ3) is 2.06. The van der Waals surface area contributed by atoms with Crippen LogP contribution < -0.4 is 5.73 Å². The summed E-state index contributed by atoms with van der Waals surface area (Å²) in [6, 6.07) is 2.14. The van der Waals surface area contributed by atoms with E-state index in [1.54, 1.807) is 11.3 Å². The lowest BCUT2D eigenvalue weighted by molar-refractivity contribution is 0.0795. The molecule has 0 aromatic carbocycles. The number of hydrogen-bond donors (Lipinski definition) is 1. The monoisotopic (exact) mass is 224 g/mol. The Morgan fingerprint density at radius 2 is 2.33 bits per heavy atom. The normalized spacial score (nSPS) is 21.0. The molecule has 0 aliphatic carbocycles. The molecule has 1 aromatic rings. The van der Waals surface area contributed by atoms with Crippen LogP contribution in [0.25, 0.3) is 0 Å². The van der Waals surface area contributed by atoms with Gasteiger partial charge in [0.2, 0.25) is 0 Å². The third-order valence-electron chi connectivity index (χ3n) is 2.89. The fraction of sp³-hybridized carbons (Fsp3) is 0.545. The van der Waals surface area contributed by atoms with Crippen LogP contribution in [0.5, 0.6) is 0 Å². The van der Waals surface area contributed by atoms with Crippen molar-refractivity contribution < 1.29 is 4.79 Å². The Kier molecular flexibility index (Phi) is 2.80. The minimum atomic E-state index is 0.143. The smallest absolute Gasteiger partial charge is 0.263 e. The highest BCUT2D eigenvalue weighted by Crippen LogP contribution is 2.23. The summed E-state index contributed by atoms with van der Waals surface area (Å²) in [4.78, 5) is 16.0. The molecule has 2 N–H and O–H groups in total. The van der Waals surface area contributed by atoms with Gasteiger partial charge >= 0.3 is 0 Å². The maximum absolute atomic E-state index is 12.0. The number of nitrogens with zero attached hydrogens (tertiary/aromatic N) is 1. The van der Waals surface area contributed by atoms with Gasteiger partial charge in [0.05, 0.1) is 4.88 Å². The van der Waals surface area contributed by atoms with Gasteiger partial charge in [-0.15, -0.1) is 11.3 Å². The van der Waals surface area contributed by atoms with E-state index in [9.17, 15) is 4.79 Å². The third-order valence-corrected chi connectivity index (χ3v) is 4.03. The van der Waals surface area contributed by atoms with E-state index < -0.39 is 0 Å². The highest BCUT2D eigenvalue weighted by Gasteiger charge is 2.25. The number of carbonyl (C=O) groups is 1. The minimum absolute atomic E-state index is 0.143. The average Bonchev–Trinajstić information content (AvgIpc) is 2.74. The minimum Gasteiger partial charge on any atom is -0.336 e. The van der Waals surface area contributed by atoms with Gasteiger partial charge in [-0.25, -0.2) is 0 Å². The van der Waals surface area contributed by atoms with Gasteiger partial charge in [0.1, 0.15) is 0 Å². The number of likely N-dealkylation sites (tertiary alicyclic amines) is 1. The van der Waals surface area contributed by atoms with Crippen LogP contribution in [-0.2, 0) is 0 Å². The van der Waals surface area contributed by atoms with Gasteiger partial charge in [-0.2, -0.15) is 0 Å². The van der Waals surface area contributed by atoms with Gasteiger partial charge in [-0.3, -0.25) is 4.79 Å². The molecular weight excluding hydrogens is 208 g/mol. The summed E-state index contributed by atoms with van der Waals surface area (Å²) in [6.45, 7) is 5.59. The van der Waals surface area contributed by atoms with E-state index in [2.05, 4.69) is 0 Å². The van der Waals surface area contributed by atoms with Crippen molar-refractivity contribution in [1.29, 1.82) is 0 Å². The molecule has 1 aliphatic heterocycles. The number of amides is 1. The largest absolute Gasteiger partial charge is 0.336 e. The molecule has 1 atom stereocenters. The van der Waals surface area contributed by atoms with E-state index >= 15 is 0 Å². The van der Waals surface area contributed by atoms with Crippen molar-refractivity contribution in [1.82, 2.24) is 4.90 Å². The standard InChI is InChI=1S/C11H16N2OS/c1-7-5-10(15-8(7)2)11(14)13-4-3-9(12)6-13/h5,9H,3-4,6,12H2,1-2H3/t9-/m1/s1. The molecule has 82 valence electrons. The van der Waals surface area contributed by atoms with Crippen LogP contribution in [-0.4, -0.2) is 29.9 Å². The number of nitrogens with two attached hydrogens (primary N) is 1. The molecule has 1 aliphatic rings. The van der Waals surface area contributed by atoms with E-state index in [-0.39, 0.29) is 11.9 Å². The zero-order valence-corrected chi connectivity index (χ0v) is 9.93. The van der Waals surface area contributed by atoms with E-state index in [0.29, 0.717) is 6.54 Å². The second-order valence-corrected chi connectivity index (χ2v) is 5.41. The van der Waals surface area contributed by atoms with Crippen molar-refractivity contribution >= 4 is 17.2 Å². The maximum Gasteiger partial charge on any atom is 0.263 e. The fourth-order valence-corrected chi connectivity index (χ4v) is 2.81. The van der Waals surface area contributed by atoms with Crippen molar-refractivity contribution in [2.24, 2.45) is 5.73 Å². The molecule has 2 heterocycles. The Morgan fingerprint density at radius 3 is 2.80 bits per heavy atom. The Balaban J connectivity index is 2.14. The second-order valence-electron chi connectivity index (χ2n) is 4.15. The van der Waals surface area contributed by atoms with Gasteiger partial charge in [-0.05, 0) is 31.9 Å². The van der Waals surface area contributed by atoms with Gasteiger partial charge in [0, 0.05) is 24.0 Å². The highest BCUT2D eigenvalue weighted by molar-refractivity contribution is 7.14. The summed E-state index contributed by atoms with van der Waals surface area (Å²) >= 11 is 1.58. The first-order chi connectivity index (χ1) is 7.08. The zero-order valence-electron chi connectivity index (χ0n) is 9.12. The molecule has 0 radical (unpaired) electrons. The predicted molar refractivity (Wildman–Crippen MR) is 62.3 cm³/mol. The molecule has 15 heavy (non-hydrogen) atoms. The number of carbonyl (C=O) groups excluding carboxylic acids is 1. The molecule has 1 amide bonds. The molecule has 2 rings (SSSR count). The Hall–Kier alpha value is -0.870. The van der Waals surface area contributed by atoms with E-state index in [0.717, 1.165) is 17.8 Å². The molecule has 1 aromatic heterocycles. The lowest BCUT2D eigenvalue weighted by Gasteiger charge is -2.14. The lowest BCUT2D eigenvalue weighted by atomic mass is 10.3. The molecule has 1 fully saturated rings. The first-order valence-electron chi connectivity index (χ1n) is 5.20. The van der Waals surface area contributed by atoms with Crippen LogP contribution >= 0.6 is 11.3 Å². The first-order valence-corrected chi connectivity index (χ1v) is 6.01. The Labute approximate surface area is 93.9 Å². The molecule has 1 saturated heterocycles. The predicted octanol–water partition coefficient (Wildman–Crippen LogP) is 1.54. The zero-order chi connectivity index (χ0) is 11.0. The number of thiophene rings is 1. The van der Waals surface area contributed by atoms with Crippen molar-refractivity contribution in [2.75, 3.05) is 13.1 Å². The summed E-state index contributed by atoms with van der Waals surface area (Å²) in [7, 11) is 0. The van der Waals surface area contributed by atoms with Gasteiger partial charge in [0.15, 0.2) is 0 Å². The SMILES string of the molecule is Cc1cc(C(=O)N2CC[C@@H](N)C2)sc1C. The summed E-state index contributed by atoms with van der Waals surface area (Å²) in [5.41, 5.74) is 6.99. The topological polar surface area (TPSA) is 46.3 Å². The summed E-state index contributed by atoms with van der Waals surface area (Å²) in [6.07, 6.45) is 0.926. The quantitative estimate of drug-likeness (QED) is 0.786. The number of rotatable bonds is 1. The second kappa shape index (κ2) is 3.94. The van der Waals surface area contributed by atoms with Crippen LogP contribution in [0.2, 0.25) is 0 Å². The van der Waals surface area contributed by atoms with Gasteiger partial charge < -0.3 is 10.6 Å². The molecule has 0 saturated carbocycles.